The summed E-state index contributed by atoms with van der Waals surface area (Å²) in [6.07, 6.45) is 1.83. The van der Waals surface area contributed by atoms with Crippen molar-refractivity contribution < 1.29 is 0 Å². The van der Waals surface area contributed by atoms with Crippen molar-refractivity contribution in [2.24, 2.45) is 0 Å². The molecule has 0 radical (unpaired) electrons. The molecule has 0 saturated heterocycles. The second-order valence-corrected chi connectivity index (χ2v) is 12.8. The van der Waals surface area contributed by atoms with Gasteiger partial charge in [-0.05, 0) is 82.6 Å². The third kappa shape index (κ3) is 4.94. The zero-order chi connectivity index (χ0) is 33.0. The number of nitrogens with zero attached hydrogens (tertiary/aromatic N) is 4. The van der Waals surface area contributed by atoms with Crippen LogP contribution >= 0.6 is 0 Å². The van der Waals surface area contributed by atoms with Gasteiger partial charge in [-0.25, -0.2) is 15.0 Å². The van der Waals surface area contributed by atoms with Crippen molar-refractivity contribution >= 4 is 54.4 Å². The van der Waals surface area contributed by atoms with Crippen LogP contribution in [0.4, 0.5) is 0 Å². The van der Waals surface area contributed by atoms with Gasteiger partial charge < -0.3 is 0 Å². The van der Waals surface area contributed by atoms with E-state index in [1.165, 1.54) is 0 Å². The molecule has 0 aliphatic heterocycles. The van der Waals surface area contributed by atoms with Crippen molar-refractivity contribution in [3.8, 4) is 44.9 Å². The molecule has 0 unspecified atom stereocenters. The molecule has 4 aromatic heterocycles. The zero-order valence-corrected chi connectivity index (χ0v) is 27.0. The molecule has 10 aromatic rings. The molecular formula is C46H28N4. The molecule has 0 aliphatic rings. The van der Waals surface area contributed by atoms with E-state index in [4.69, 9.17) is 15.0 Å². The van der Waals surface area contributed by atoms with Crippen LogP contribution in [0.5, 0.6) is 0 Å². The van der Waals surface area contributed by atoms with E-state index in [0.717, 1.165) is 99.3 Å². The monoisotopic (exact) mass is 636 g/mol. The van der Waals surface area contributed by atoms with E-state index in [9.17, 15) is 0 Å². The van der Waals surface area contributed by atoms with Gasteiger partial charge in [-0.1, -0.05) is 103 Å². The van der Waals surface area contributed by atoms with Crippen molar-refractivity contribution in [2.45, 2.75) is 0 Å². The van der Waals surface area contributed by atoms with Crippen molar-refractivity contribution in [3.63, 3.8) is 0 Å². The highest BCUT2D eigenvalue weighted by Crippen LogP contribution is 2.32. The fourth-order valence-corrected chi connectivity index (χ4v) is 6.99. The summed E-state index contributed by atoms with van der Waals surface area (Å²) in [4.78, 5) is 19.6. The van der Waals surface area contributed by atoms with Gasteiger partial charge >= 0.3 is 0 Å². The van der Waals surface area contributed by atoms with Gasteiger partial charge in [-0.3, -0.25) is 4.98 Å². The lowest BCUT2D eigenvalue weighted by molar-refractivity contribution is 1.37. The Morgan fingerprint density at radius 3 is 1.40 bits per heavy atom. The number of rotatable bonds is 4. The van der Waals surface area contributed by atoms with Crippen LogP contribution in [0.15, 0.2) is 170 Å². The van der Waals surface area contributed by atoms with Crippen molar-refractivity contribution in [2.75, 3.05) is 0 Å². The lowest BCUT2D eigenvalue weighted by atomic mass is 9.99. The average molecular weight is 637 g/mol. The highest BCUT2D eigenvalue weighted by molar-refractivity contribution is 6.03. The van der Waals surface area contributed by atoms with E-state index in [1.807, 2.05) is 30.5 Å². The Morgan fingerprint density at radius 1 is 0.280 bits per heavy atom. The van der Waals surface area contributed by atoms with Gasteiger partial charge in [-0.15, -0.1) is 0 Å². The zero-order valence-electron chi connectivity index (χ0n) is 27.0. The molecule has 232 valence electrons. The maximum atomic E-state index is 5.07. The van der Waals surface area contributed by atoms with E-state index in [0.29, 0.717) is 0 Å². The van der Waals surface area contributed by atoms with Gasteiger partial charge in [0.2, 0.25) is 0 Å². The first-order valence-electron chi connectivity index (χ1n) is 16.8. The molecule has 0 spiro atoms. The quantitative estimate of drug-likeness (QED) is 0.180. The van der Waals surface area contributed by atoms with Crippen molar-refractivity contribution in [1.29, 1.82) is 0 Å². The number of hydrogen-bond acceptors (Lipinski definition) is 4. The third-order valence-corrected chi connectivity index (χ3v) is 9.65. The van der Waals surface area contributed by atoms with Crippen LogP contribution in [0.3, 0.4) is 0 Å². The molecule has 0 saturated carbocycles. The van der Waals surface area contributed by atoms with Crippen LogP contribution < -0.4 is 0 Å². The maximum Gasteiger partial charge on any atom is 0.0972 e. The van der Waals surface area contributed by atoms with Crippen LogP contribution in [-0.4, -0.2) is 19.9 Å². The van der Waals surface area contributed by atoms with Gasteiger partial charge in [0.05, 0.1) is 39.1 Å². The summed E-state index contributed by atoms with van der Waals surface area (Å²) in [5.74, 6) is 0. The fraction of sp³-hybridized carbons (Fsp3) is 0. The summed E-state index contributed by atoms with van der Waals surface area (Å²) >= 11 is 0. The molecule has 0 fully saturated rings. The minimum Gasteiger partial charge on any atom is -0.254 e. The molecule has 0 atom stereocenters. The highest BCUT2D eigenvalue weighted by Gasteiger charge is 2.10. The predicted molar refractivity (Wildman–Crippen MR) is 207 cm³/mol. The third-order valence-electron chi connectivity index (χ3n) is 9.65. The standard InChI is InChI=1S/C46H28N4/c1-2-5-29(6-3-1)40-22-17-38-27-34(15-20-41(38)48-40)35-16-21-42-39(28-35)18-23-43(49-42)36-12-10-33-26-37(13-11-32(33)25-36)44-19-14-31-9-8-30-7-4-24-47-45(30)46(31)50-44/h1-28H. The van der Waals surface area contributed by atoms with Crippen molar-refractivity contribution in [1.82, 2.24) is 19.9 Å². The minimum absolute atomic E-state index is 0.928. The first-order valence-corrected chi connectivity index (χ1v) is 16.8. The van der Waals surface area contributed by atoms with Gasteiger partial charge in [0, 0.05) is 44.4 Å². The van der Waals surface area contributed by atoms with Crippen LogP contribution in [0, 0.1) is 0 Å². The van der Waals surface area contributed by atoms with E-state index < -0.39 is 0 Å². The van der Waals surface area contributed by atoms with E-state index in [1.54, 1.807) is 0 Å². The second kappa shape index (κ2) is 11.4. The lowest BCUT2D eigenvalue weighted by Gasteiger charge is -2.10. The van der Waals surface area contributed by atoms with E-state index in [-0.39, 0.29) is 0 Å². The van der Waals surface area contributed by atoms with Crippen LogP contribution in [-0.2, 0) is 0 Å². The Balaban J connectivity index is 0.937. The Kier molecular flexibility index (Phi) is 6.46. The predicted octanol–water partition coefficient (Wildman–Crippen LogP) is 11.7. The summed E-state index contributed by atoms with van der Waals surface area (Å²) < 4.78 is 0. The van der Waals surface area contributed by atoms with Crippen LogP contribution in [0.25, 0.3) is 99.3 Å². The number of benzene rings is 6. The molecule has 0 amide bonds. The summed E-state index contributed by atoms with van der Waals surface area (Å²) in [5.41, 5.74) is 12.3. The fourth-order valence-electron chi connectivity index (χ4n) is 6.99. The molecule has 4 heteroatoms. The SMILES string of the molecule is c1ccc(-c2ccc3cc(-c4ccc5nc(-c6ccc7cc(-c8ccc9ccc%10cccnc%10c9n8)ccc7c6)ccc5c4)ccc3n2)cc1. The van der Waals surface area contributed by atoms with Gasteiger partial charge in [0.15, 0.2) is 0 Å². The van der Waals surface area contributed by atoms with Crippen molar-refractivity contribution in [3.05, 3.63) is 170 Å². The molecule has 0 aliphatic carbocycles. The second-order valence-electron chi connectivity index (χ2n) is 12.8. The summed E-state index contributed by atoms with van der Waals surface area (Å²) in [6.45, 7) is 0. The Labute approximate surface area is 288 Å². The van der Waals surface area contributed by atoms with Crippen LogP contribution in [0.2, 0.25) is 0 Å². The van der Waals surface area contributed by atoms with Gasteiger partial charge in [0.25, 0.3) is 0 Å². The largest absolute Gasteiger partial charge is 0.254 e. The summed E-state index contributed by atoms with van der Waals surface area (Å²) in [6, 6.07) is 57.4. The van der Waals surface area contributed by atoms with Crippen LogP contribution in [0.1, 0.15) is 0 Å². The van der Waals surface area contributed by atoms with Gasteiger partial charge in [-0.2, -0.15) is 0 Å². The lowest BCUT2D eigenvalue weighted by Crippen LogP contribution is -1.89. The van der Waals surface area contributed by atoms with Gasteiger partial charge in [0.1, 0.15) is 0 Å². The highest BCUT2D eigenvalue weighted by atomic mass is 14.8. The first kappa shape index (κ1) is 28.3. The molecule has 10 rings (SSSR count). The number of aromatic nitrogens is 4. The molecular weight excluding hydrogens is 609 g/mol. The molecule has 6 aromatic carbocycles. The van der Waals surface area contributed by atoms with E-state index in [2.05, 4.69) is 145 Å². The summed E-state index contributed by atoms with van der Waals surface area (Å²) in [7, 11) is 0. The van der Waals surface area contributed by atoms with E-state index >= 15 is 0 Å². The average Bonchev–Trinajstić information content (AvgIpc) is 3.19. The maximum absolute atomic E-state index is 5.07. The first-order chi connectivity index (χ1) is 24.7. The smallest absolute Gasteiger partial charge is 0.0972 e. The Bertz CT molecular complexity index is 2930. The Morgan fingerprint density at radius 2 is 0.760 bits per heavy atom. The molecule has 4 heterocycles. The normalized spacial score (nSPS) is 11.6. The number of fused-ring (bicyclic) bond motifs is 6. The number of pyridine rings is 4. The molecule has 50 heavy (non-hydrogen) atoms. The summed E-state index contributed by atoms with van der Waals surface area (Å²) in [5, 5.41) is 6.75. The topological polar surface area (TPSA) is 51.6 Å². The Hall–Kier alpha value is -6.78. The number of hydrogen-bond donors (Lipinski definition) is 0. The molecule has 0 N–H and O–H groups in total. The molecule has 0 bridgehead atoms. The molecule has 4 nitrogen and oxygen atoms in total. The minimum atomic E-state index is 0.928.